The maximum atomic E-state index is 10.9. The van der Waals surface area contributed by atoms with Crippen molar-refractivity contribution in [1.82, 2.24) is 4.72 Å². The van der Waals surface area contributed by atoms with E-state index in [-0.39, 0.29) is 6.04 Å². The van der Waals surface area contributed by atoms with Crippen molar-refractivity contribution in [2.45, 2.75) is 38.1 Å². The van der Waals surface area contributed by atoms with Crippen LogP contribution in [-0.2, 0) is 10.0 Å². The molecule has 0 unspecified atom stereocenters. The molecule has 1 N–H and O–H groups in total. The Morgan fingerprint density at radius 2 is 1.93 bits per heavy atom. The maximum absolute atomic E-state index is 10.9. The first kappa shape index (κ1) is 11.5. The Labute approximate surface area is 85.4 Å². The van der Waals surface area contributed by atoms with E-state index < -0.39 is 10.0 Å². The minimum Gasteiger partial charge on any atom is -0.213 e. The first-order chi connectivity index (χ1) is 6.51. The van der Waals surface area contributed by atoms with Crippen molar-refractivity contribution in [3.05, 3.63) is 0 Å². The van der Waals surface area contributed by atoms with E-state index in [9.17, 15) is 8.42 Å². The van der Waals surface area contributed by atoms with Crippen LogP contribution in [0.1, 0.15) is 32.1 Å². The molecule has 80 valence electrons. The van der Waals surface area contributed by atoms with Crippen molar-refractivity contribution in [3.63, 3.8) is 0 Å². The quantitative estimate of drug-likeness (QED) is 0.765. The monoisotopic (exact) mass is 216 g/mol. The van der Waals surface area contributed by atoms with Gasteiger partial charge in [-0.15, -0.1) is 0 Å². The van der Waals surface area contributed by atoms with Gasteiger partial charge in [-0.05, 0) is 31.6 Å². The highest BCUT2D eigenvalue weighted by Gasteiger charge is 2.22. The lowest BCUT2D eigenvalue weighted by Crippen LogP contribution is -2.36. The van der Waals surface area contributed by atoms with E-state index in [2.05, 4.69) is 10.8 Å². The van der Waals surface area contributed by atoms with Gasteiger partial charge in [-0.2, -0.15) is 5.26 Å². The molecule has 1 aliphatic rings. The van der Waals surface area contributed by atoms with Crippen LogP contribution in [0.15, 0.2) is 0 Å². The van der Waals surface area contributed by atoms with Crippen LogP contribution in [0, 0.1) is 17.2 Å². The molecule has 1 saturated carbocycles. The van der Waals surface area contributed by atoms with Gasteiger partial charge < -0.3 is 0 Å². The Bertz CT molecular complexity index is 310. The topological polar surface area (TPSA) is 70.0 Å². The molecule has 0 saturated heterocycles. The van der Waals surface area contributed by atoms with E-state index in [4.69, 9.17) is 5.26 Å². The van der Waals surface area contributed by atoms with E-state index in [1.807, 2.05) is 0 Å². The van der Waals surface area contributed by atoms with Gasteiger partial charge in [-0.3, -0.25) is 0 Å². The lowest BCUT2D eigenvalue weighted by atomic mass is 9.85. The van der Waals surface area contributed by atoms with Crippen molar-refractivity contribution >= 4 is 10.0 Å². The molecule has 0 bridgehead atoms. The van der Waals surface area contributed by atoms with Gasteiger partial charge in [0.1, 0.15) is 0 Å². The molecule has 0 atom stereocenters. The van der Waals surface area contributed by atoms with Crippen LogP contribution >= 0.6 is 0 Å². The predicted octanol–water partition coefficient (Wildman–Crippen LogP) is 1.01. The first-order valence-electron chi connectivity index (χ1n) is 4.85. The van der Waals surface area contributed by atoms with Gasteiger partial charge in [0.05, 0.1) is 12.3 Å². The van der Waals surface area contributed by atoms with E-state index in [1.54, 1.807) is 0 Å². The molecule has 14 heavy (non-hydrogen) atoms. The number of sulfonamides is 1. The van der Waals surface area contributed by atoms with Crippen molar-refractivity contribution in [3.8, 4) is 6.07 Å². The second-order valence-electron chi connectivity index (χ2n) is 3.97. The summed E-state index contributed by atoms with van der Waals surface area (Å²) in [5.41, 5.74) is 0. The van der Waals surface area contributed by atoms with E-state index in [0.717, 1.165) is 25.7 Å². The minimum atomic E-state index is -3.07. The fourth-order valence-corrected chi connectivity index (χ4v) is 2.76. The Balaban J connectivity index is 2.33. The lowest BCUT2D eigenvalue weighted by Gasteiger charge is -2.26. The summed E-state index contributed by atoms with van der Waals surface area (Å²) in [4.78, 5) is 0. The number of hydrogen-bond donors (Lipinski definition) is 1. The number of hydrogen-bond acceptors (Lipinski definition) is 3. The van der Waals surface area contributed by atoms with Crippen molar-refractivity contribution in [2.24, 2.45) is 5.92 Å². The second kappa shape index (κ2) is 4.76. The normalized spacial score (nSPS) is 28.3. The molecule has 4 nitrogen and oxygen atoms in total. The molecular formula is C9H16N2O2S. The fourth-order valence-electron chi connectivity index (χ4n) is 1.92. The predicted molar refractivity (Wildman–Crippen MR) is 54.0 cm³/mol. The Morgan fingerprint density at radius 3 is 2.36 bits per heavy atom. The van der Waals surface area contributed by atoms with Gasteiger partial charge >= 0.3 is 0 Å². The van der Waals surface area contributed by atoms with Gasteiger partial charge in [0.15, 0.2) is 0 Å². The number of nitrogens with zero attached hydrogens (tertiary/aromatic N) is 1. The summed E-state index contributed by atoms with van der Waals surface area (Å²) in [7, 11) is -3.07. The zero-order chi connectivity index (χ0) is 10.6. The lowest BCUT2D eigenvalue weighted by molar-refractivity contribution is 0.317. The Kier molecular flexibility index (Phi) is 3.90. The molecule has 0 heterocycles. The molecule has 0 aliphatic heterocycles. The molecule has 0 aromatic carbocycles. The summed E-state index contributed by atoms with van der Waals surface area (Å²) >= 11 is 0. The van der Waals surface area contributed by atoms with Gasteiger partial charge in [0.2, 0.25) is 10.0 Å². The van der Waals surface area contributed by atoms with E-state index in [0.29, 0.717) is 12.3 Å². The third-order valence-electron chi connectivity index (χ3n) is 2.61. The van der Waals surface area contributed by atoms with Crippen LogP contribution in [0.5, 0.6) is 0 Å². The van der Waals surface area contributed by atoms with Gasteiger partial charge in [0, 0.05) is 12.5 Å². The van der Waals surface area contributed by atoms with Crippen molar-refractivity contribution < 1.29 is 8.42 Å². The summed E-state index contributed by atoms with van der Waals surface area (Å²) < 4.78 is 24.5. The summed E-state index contributed by atoms with van der Waals surface area (Å²) in [5.74, 6) is 0.470. The van der Waals surface area contributed by atoms with Crippen LogP contribution in [0.3, 0.4) is 0 Å². The number of nitriles is 1. The molecule has 1 rings (SSSR count). The number of nitrogens with one attached hydrogen (secondary N) is 1. The highest BCUT2D eigenvalue weighted by atomic mass is 32.2. The maximum Gasteiger partial charge on any atom is 0.208 e. The Hall–Kier alpha value is -0.600. The van der Waals surface area contributed by atoms with Crippen LogP contribution in [0.4, 0.5) is 0 Å². The van der Waals surface area contributed by atoms with Crippen molar-refractivity contribution in [2.75, 3.05) is 6.26 Å². The fraction of sp³-hybridized carbons (Fsp3) is 0.889. The third-order valence-corrected chi connectivity index (χ3v) is 3.37. The van der Waals surface area contributed by atoms with Crippen LogP contribution in [0.25, 0.3) is 0 Å². The molecule has 0 aromatic heterocycles. The zero-order valence-corrected chi connectivity index (χ0v) is 9.18. The summed E-state index contributed by atoms with van der Waals surface area (Å²) in [6, 6.07) is 2.25. The summed E-state index contributed by atoms with van der Waals surface area (Å²) in [6.07, 6.45) is 5.43. The molecule has 0 spiro atoms. The highest BCUT2D eigenvalue weighted by Crippen LogP contribution is 2.26. The average Bonchev–Trinajstić information content (AvgIpc) is 2.06. The van der Waals surface area contributed by atoms with Gasteiger partial charge in [-0.25, -0.2) is 13.1 Å². The Morgan fingerprint density at radius 1 is 1.36 bits per heavy atom. The molecule has 1 aliphatic carbocycles. The summed E-state index contributed by atoms with van der Waals surface area (Å²) in [6.45, 7) is 0. The van der Waals surface area contributed by atoms with E-state index in [1.165, 1.54) is 6.26 Å². The zero-order valence-electron chi connectivity index (χ0n) is 8.36. The van der Waals surface area contributed by atoms with E-state index >= 15 is 0 Å². The minimum absolute atomic E-state index is 0.0833. The molecule has 1 fully saturated rings. The largest absolute Gasteiger partial charge is 0.213 e. The van der Waals surface area contributed by atoms with Gasteiger partial charge in [-0.1, -0.05) is 0 Å². The summed E-state index contributed by atoms with van der Waals surface area (Å²) in [5, 5.41) is 8.51. The van der Waals surface area contributed by atoms with Crippen LogP contribution < -0.4 is 4.72 Å². The van der Waals surface area contributed by atoms with Crippen LogP contribution in [0.2, 0.25) is 0 Å². The van der Waals surface area contributed by atoms with Gasteiger partial charge in [0.25, 0.3) is 0 Å². The SMILES string of the molecule is CS(=O)(=O)NC1CCC(CC#N)CC1. The number of rotatable bonds is 3. The molecule has 5 heteroatoms. The molecular weight excluding hydrogens is 200 g/mol. The first-order valence-corrected chi connectivity index (χ1v) is 6.74. The third kappa shape index (κ3) is 4.07. The highest BCUT2D eigenvalue weighted by molar-refractivity contribution is 7.88. The van der Waals surface area contributed by atoms with Crippen molar-refractivity contribution in [1.29, 1.82) is 5.26 Å². The molecule has 0 radical (unpaired) electrons. The van der Waals surface area contributed by atoms with Crippen LogP contribution in [-0.4, -0.2) is 20.7 Å². The average molecular weight is 216 g/mol. The smallest absolute Gasteiger partial charge is 0.208 e. The second-order valence-corrected chi connectivity index (χ2v) is 5.75. The molecule has 0 aromatic rings. The molecule has 0 amide bonds. The standard InChI is InChI=1S/C9H16N2O2S/c1-14(12,13)11-9-4-2-8(3-5-9)6-7-10/h8-9,11H,2-6H2,1H3.